The van der Waals surface area contributed by atoms with Gasteiger partial charge in [-0.25, -0.2) is 14.4 Å². The smallest absolute Gasteiger partial charge is 0.183 e. The van der Waals surface area contributed by atoms with Gasteiger partial charge in [-0.15, -0.1) is 0 Å². The van der Waals surface area contributed by atoms with E-state index in [2.05, 4.69) is 20.2 Å². The lowest BCUT2D eigenvalue weighted by atomic mass is 10.1. The van der Waals surface area contributed by atoms with Crippen molar-refractivity contribution in [3.05, 3.63) is 48.7 Å². The molecule has 5 nitrogen and oxygen atoms in total. The molecule has 0 spiro atoms. The predicted octanol–water partition coefficient (Wildman–Crippen LogP) is 3.27. The molecule has 1 aromatic carbocycles. The summed E-state index contributed by atoms with van der Waals surface area (Å²) in [6, 6.07) is 7.87. The van der Waals surface area contributed by atoms with Crippen molar-refractivity contribution in [3.8, 4) is 22.5 Å². The molecule has 0 amide bonds. The van der Waals surface area contributed by atoms with Crippen molar-refractivity contribution >= 4 is 5.82 Å². The number of halogens is 1. The van der Waals surface area contributed by atoms with E-state index in [9.17, 15) is 4.39 Å². The van der Waals surface area contributed by atoms with Crippen LogP contribution in [0, 0.1) is 5.82 Å². The quantitative estimate of drug-likeness (QED) is 0.806. The summed E-state index contributed by atoms with van der Waals surface area (Å²) in [7, 11) is 0. The van der Waals surface area contributed by atoms with E-state index in [1.165, 1.54) is 6.20 Å². The third-order valence-electron chi connectivity index (χ3n) is 4.11. The van der Waals surface area contributed by atoms with Crippen LogP contribution in [-0.4, -0.2) is 33.3 Å². The standard InChI is InChI=1S/C17H16FN5/c18-15-11-19-16(22-17(15)23-7-1-2-8-23)13-5-3-12(4-6-13)14-9-20-21-10-14/h3-6,9-11H,1-2,7-8H2,(H,20,21). The average molecular weight is 309 g/mol. The topological polar surface area (TPSA) is 57.7 Å². The van der Waals surface area contributed by atoms with Crippen molar-refractivity contribution in [1.82, 2.24) is 20.2 Å². The van der Waals surface area contributed by atoms with Gasteiger partial charge in [-0.2, -0.15) is 5.10 Å². The molecule has 23 heavy (non-hydrogen) atoms. The third kappa shape index (κ3) is 2.67. The van der Waals surface area contributed by atoms with Crippen LogP contribution in [0.2, 0.25) is 0 Å². The Kier molecular flexibility index (Phi) is 3.49. The molecular weight excluding hydrogens is 293 g/mol. The zero-order chi connectivity index (χ0) is 15.6. The summed E-state index contributed by atoms with van der Waals surface area (Å²) in [6.07, 6.45) is 7.04. The molecule has 4 rings (SSSR count). The molecule has 1 N–H and O–H groups in total. The van der Waals surface area contributed by atoms with Gasteiger partial charge in [0, 0.05) is 30.4 Å². The van der Waals surface area contributed by atoms with Crippen LogP contribution in [0.3, 0.4) is 0 Å². The van der Waals surface area contributed by atoms with Gasteiger partial charge >= 0.3 is 0 Å². The number of H-pyrrole nitrogens is 1. The van der Waals surface area contributed by atoms with Gasteiger partial charge in [-0.1, -0.05) is 24.3 Å². The Morgan fingerprint density at radius 2 is 1.70 bits per heavy atom. The maximum atomic E-state index is 14.0. The van der Waals surface area contributed by atoms with Crippen LogP contribution in [0.5, 0.6) is 0 Å². The summed E-state index contributed by atoms with van der Waals surface area (Å²) in [4.78, 5) is 10.6. The number of nitrogens with zero attached hydrogens (tertiary/aromatic N) is 4. The highest BCUT2D eigenvalue weighted by Gasteiger charge is 2.19. The minimum absolute atomic E-state index is 0.356. The van der Waals surface area contributed by atoms with Crippen LogP contribution in [0.25, 0.3) is 22.5 Å². The molecule has 1 saturated heterocycles. The SMILES string of the molecule is Fc1cnc(-c2ccc(-c3cn[nH]c3)cc2)nc1N1CCCC1. The van der Waals surface area contributed by atoms with Gasteiger partial charge in [0.25, 0.3) is 0 Å². The highest BCUT2D eigenvalue weighted by atomic mass is 19.1. The third-order valence-corrected chi connectivity index (χ3v) is 4.11. The maximum absolute atomic E-state index is 14.0. The number of aromatic nitrogens is 4. The summed E-state index contributed by atoms with van der Waals surface area (Å²) in [5.74, 6) is 0.601. The monoisotopic (exact) mass is 309 g/mol. The van der Waals surface area contributed by atoms with Crippen molar-refractivity contribution in [1.29, 1.82) is 0 Å². The molecule has 1 aliphatic rings. The fraction of sp³-hybridized carbons (Fsp3) is 0.235. The van der Waals surface area contributed by atoms with E-state index < -0.39 is 0 Å². The van der Waals surface area contributed by atoms with Crippen LogP contribution in [0.1, 0.15) is 12.8 Å². The van der Waals surface area contributed by atoms with E-state index in [0.717, 1.165) is 42.6 Å². The van der Waals surface area contributed by atoms with Crippen molar-refractivity contribution < 1.29 is 4.39 Å². The van der Waals surface area contributed by atoms with E-state index in [1.807, 2.05) is 35.4 Å². The van der Waals surface area contributed by atoms with Gasteiger partial charge in [0.05, 0.1) is 12.4 Å². The van der Waals surface area contributed by atoms with Gasteiger partial charge < -0.3 is 4.90 Å². The van der Waals surface area contributed by atoms with E-state index in [1.54, 1.807) is 6.20 Å². The van der Waals surface area contributed by atoms with Gasteiger partial charge in [0.15, 0.2) is 17.5 Å². The van der Waals surface area contributed by atoms with Crippen LogP contribution in [-0.2, 0) is 0 Å². The van der Waals surface area contributed by atoms with Crippen molar-refractivity contribution in [2.45, 2.75) is 12.8 Å². The summed E-state index contributed by atoms with van der Waals surface area (Å²) < 4.78 is 14.0. The lowest BCUT2D eigenvalue weighted by Gasteiger charge is -2.17. The molecule has 1 fully saturated rings. The molecule has 0 aliphatic carbocycles. The van der Waals surface area contributed by atoms with Crippen LogP contribution in [0.15, 0.2) is 42.9 Å². The molecule has 0 atom stereocenters. The minimum Gasteiger partial charge on any atom is -0.354 e. The first-order chi connectivity index (χ1) is 11.3. The predicted molar refractivity (Wildman–Crippen MR) is 86.5 cm³/mol. The van der Waals surface area contributed by atoms with Crippen LogP contribution >= 0.6 is 0 Å². The first-order valence-electron chi connectivity index (χ1n) is 7.68. The Morgan fingerprint density at radius 3 is 2.39 bits per heavy atom. The number of aromatic amines is 1. The van der Waals surface area contributed by atoms with Crippen molar-refractivity contribution in [3.63, 3.8) is 0 Å². The Bertz CT molecular complexity index is 792. The largest absolute Gasteiger partial charge is 0.354 e. The summed E-state index contributed by atoms with van der Waals surface area (Å²) in [5.41, 5.74) is 2.96. The first-order valence-corrected chi connectivity index (χ1v) is 7.68. The molecule has 0 saturated carbocycles. The molecule has 1 aliphatic heterocycles. The van der Waals surface area contributed by atoms with Crippen molar-refractivity contribution in [2.75, 3.05) is 18.0 Å². The molecule has 0 radical (unpaired) electrons. The second-order valence-corrected chi connectivity index (χ2v) is 5.62. The lowest BCUT2D eigenvalue weighted by molar-refractivity contribution is 0.609. The van der Waals surface area contributed by atoms with E-state index in [0.29, 0.717) is 11.6 Å². The van der Waals surface area contributed by atoms with Crippen LogP contribution in [0.4, 0.5) is 10.2 Å². The second kappa shape index (κ2) is 5.79. The number of hydrogen-bond donors (Lipinski definition) is 1. The lowest BCUT2D eigenvalue weighted by Crippen LogP contribution is -2.21. The molecule has 116 valence electrons. The zero-order valence-corrected chi connectivity index (χ0v) is 12.5. The fourth-order valence-electron chi connectivity index (χ4n) is 2.87. The summed E-state index contributed by atoms with van der Waals surface area (Å²) in [5, 5.41) is 6.75. The van der Waals surface area contributed by atoms with Gasteiger partial charge in [0.2, 0.25) is 0 Å². The Labute approximate surface area is 133 Å². The van der Waals surface area contributed by atoms with E-state index in [-0.39, 0.29) is 5.82 Å². The summed E-state index contributed by atoms with van der Waals surface area (Å²) in [6.45, 7) is 1.71. The Balaban J connectivity index is 1.66. The van der Waals surface area contributed by atoms with Crippen molar-refractivity contribution in [2.24, 2.45) is 0 Å². The van der Waals surface area contributed by atoms with E-state index in [4.69, 9.17) is 0 Å². The number of benzene rings is 1. The second-order valence-electron chi connectivity index (χ2n) is 5.62. The first kappa shape index (κ1) is 13.9. The van der Waals surface area contributed by atoms with Crippen LogP contribution < -0.4 is 4.90 Å². The van der Waals surface area contributed by atoms with E-state index >= 15 is 0 Å². The normalized spacial score (nSPS) is 14.4. The number of hydrogen-bond acceptors (Lipinski definition) is 4. The highest BCUT2D eigenvalue weighted by Crippen LogP contribution is 2.26. The Hall–Kier alpha value is -2.76. The fourth-order valence-corrected chi connectivity index (χ4v) is 2.87. The molecule has 0 unspecified atom stereocenters. The average Bonchev–Trinajstić information content (AvgIpc) is 3.29. The number of rotatable bonds is 3. The summed E-state index contributed by atoms with van der Waals surface area (Å²) >= 11 is 0. The molecule has 6 heteroatoms. The minimum atomic E-state index is -0.356. The van der Waals surface area contributed by atoms with Gasteiger partial charge in [0.1, 0.15) is 0 Å². The number of nitrogens with one attached hydrogen (secondary N) is 1. The molecule has 0 bridgehead atoms. The Morgan fingerprint density at radius 1 is 0.957 bits per heavy atom. The molecular formula is C17H16FN5. The molecule has 3 aromatic rings. The van der Waals surface area contributed by atoms with Gasteiger partial charge in [-0.3, -0.25) is 5.10 Å². The zero-order valence-electron chi connectivity index (χ0n) is 12.5. The number of anilines is 1. The molecule has 3 heterocycles. The van der Waals surface area contributed by atoms with Gasteiger partial charge in [-0.05, 0) is 18.4 Å². The maximum Gasteiger partial charge on any atom is 0.183 e. The highest BCUT2D eigenvalue weighted by molar-refractivity contribution is 5.67. The molecule has 2 aromatic heterocycles.